The number of nitrogens with one attached hydrogen (secondary N) is 1. The number of rotatable bonds is 15. The van der Waals surface area contributed by atoms with Crippen molar-refractivity contribution in [3.05, 3.63) is 59.2 Å². The van der Waals surface area contributed by atoms with Gasteiger partial charge in [-0.15, -0.1) is 0 Å². The fourth-order valence-electron chi connectivity index (χ4n) is 5.13. The quantitative estimate of drug-likeness (QED) is 0.223. The van der Waals surface area contributed by atoms with E-state index in [1.54, 1.807) is 17.0 Å². The highest BCUT2D eigenvalue weighted by Gasteiger charge is 2.52. The number of hydrogen-bond donors (Lipinski definition) is 2. The third-order valence-electron chi connectivity index (χ3n) is 7.45. The van der Waals surface area contributed by atoms with Crippen molar-refractivity contribution in [3.8, 4) is 11.5 Å². The van der Waals surface area contributed by atoms with E-state index in [0.717, 1.165) is 24.8 Å². The number of carboxylic acids is 1. The zero-order valence-corrected chi connectivity index (χ0v) is 24.2. The molecule has 0 aliphatic heterocycles. The first-order chi connectivity index (χ1) is 19.2. The number of amides is 2. The summed E-state index contributed by atoms with van der Waals surface area (Å²) in [7, 11) is 1.54. The van der Waals surface area contributed by atoms with Gasteiger partial charge in [0.1, 0.15) is 22.6 Å². The van der Waals surface area contributed by atoms with E-state index in [0.29, 0.717) is 36.8 Å². The summed E-state index contributed by atoms with van der Waals surface area (Å²) in [5.41, 5.74) is 0.941. The molecule has 1 atom stereocenters. The first-order valence-electron chi connectivity index (χ1n) is 14.0. The van der Waals surface area contributed by atoms with Crippen LogP contribution in [0.25, 0.3) is 0 Å². The molecule has 9 nitrogen and oxygen atoms in total. The molecule has 3 rings (SSSR count). The number of carboxylic acid groups (broad SMARTS) is 1. The monoisotopic (exact) mass is 554 g/mol. The van der Waals surface area contributed by atoms with Gasteiger partial charge in [-0.3, -0.25) is 4.79 Å². The molecular weight excluding hydrogens is 512 g/mol. The predicted molar refractivity (Wildman–Crippen MR) is 152 cm³/mol. The standard InChI is InChI=1S/C31H42N2O7/c1-6-39-26-17-24(18-27(40-7-2)28(26)22(4)34)21(3)33(16-12-11-15-23-13-9-8-10-14-23)30(37)32-31(29(35)36)19-25(20-31)38-5/h8-10,13-14,17-18,21,25H,6-7,11-12,15-16,19-20H2,1-5H3,(H,32,37)(H,35,36). The lowest BCUT2D eigenvalue weighted by atomic mass is 9.74. The molecule has 2 aromatic rings. The van der Waals surface area contributed by atoms with E-state index in [2.05, 4.69) is 17.4 Å². The van der Waals surface area contributed by atoms with Crippen molar-refractivity contribution < 1.29 is 33.7 Å². The highest BCUT2D eigenvalue weighted by Crippen LogP contribution is 2.37. The van der Waals surface area contributed by atoms with Crippen LogP contribution in [0.2, 0.25) is 0 Å². The van der Waals surface area contributed by atoms with Gasteiger partial charge in [-0.25, -0.2) is 9.59 Å². The fourth-order valence-corrected chi connectivity index (χ4v) is 5.13. The minimum atomic E-state index is -1.37. The van der Waals surface area contributed by atoms with Crippen LogP contribution in [0.15, 0.2) is 42.5 Å². The molecule has 1 saturated carbocycles. The molecule has 0 aromatic heterocycles. The van der Waals surface area contributed by atoms with E-state index in [4.69, 9.17) is 14.2 Å². The number of aliphatic carboxylic acids is 1. The van der Waals surface area contributed by atoms with Crippen LogP contribution in [0.1, 0.15) is 80.9 Å². The SMILES string of the molecule is CCOc1cc(C(C)N(CCCCc2ccccc2)C(=O)NC2(C(=O)O)CC(OC)C2)cc(OCC)c1C(C)=O. The Hall–Kier alpha value is -3.59. The summed E-state index contributed by atoms with van der Waals surface area (Å²) < 4.78 is 16.9. The molecule has 1 aliphatic carbocycles. The van der Waals surface area contributed by atoms with Gasteiger partial charge in [0, 0.05) is 26.5 Å². The second kappa shape index (κ2) is 14.2. The maximum atomic E-state index is 13.7. The molecule has 0 spiro atoms. The van der Waals surface area contributed by atoms with Gasteiger partial charge in [0.15, 0.2) is 5.78 Å². The average Bonchev–Trinajstić information content (AvgIpc) is 2.90. The zero-order valence-electron chi connectivity index (χ0n) is 24.2. The number of benzene rings is 2. The summed E-state index contributed by atoms with van der Waals surface area (Å²) in [6.45, 7) is 8.15. The molecular formula is C31H42N2O7. The van der Waals surface area contributed by atoms with Gasteiger partial charge >= 0.3 is 12.0 Å². The number of ether oxygens (including phenoxy) is 3. The highest BCUT2D eigenvalue weighted by atomic mass is 16.5. The van der Waals surface area contributed by atoms with Crippen LogP contribution in [0, 0.1) is 0 Å². The van der Waals surface area contributed by atoms with Gasteiger partial charge in [-0.2, -0.15) is 0 Å². The maximum absolute atomic E-state index is 13.7. The predicted octanol–water partition coefficient (Wildman–Crippen LogP) is 5.41. The summed E-state index contributed by atoms with van der Waals surface area (Å²) in [5, 5.41) is 12.7. The topological polar surface area (TPSA) is 114 Å². The van der Waals surface area contributed by atoms with Gasteiger partial charge in [0.2, 0.25) is 0 Å². The van der Waals surface area contributed by atoms with Gasteiger partial charge in [-0.1, -0.05) is 30.3 Å². The van der Waals surface area contributed by atoms with E-state index in [-0.39, 0.29) is 24.7 Å². The number of nitrogens with zero attached hydrogens (tertiary/aromatic N) is 1. The van der Waals surface area contributed by atoms with Crippen molar-refractivity contribution in [3.63, 3.8) is 0 Å². The zero-order chi connectivity index (χ0) is 29.3. The van der Waals surface area contributed by atoms with E-state index in [1.165, 1.54) is 19.6 Å². The molecule has 1 fully saturated rings. The Morgan fingerprint density at radius 1 is 1.05 bits per heavy atom. The van der Waals surface area contributed by atoms with Crippen molar-refractivity contribution in [2.24, 2.45) is 0 Å². The molecule has 0 radical (unpaired) electrons. The van der Waals surface area contributed by atoms with Crippen LogP contribution < -0.4 is 14.8 Å². The van der Waals surface area contributed by atoms with Gasteiger partial charge < -0.3 is 29.5 Å². The molecule has 0 heterocycles. The Bertz CT molecular complexity index is 1130. The van der Waals surface area contributed by atoms with Crippen molar-refractivity contribution >= 4 is 17.8 Å². The summed E-state index contributed by atoms with van der Waals surface area (Å²) in [6.07, 6.45) is 2.64. The number of ketones is 1. The number of carbonyl (C=O) groups excluding carboxylic acids is 2. The van der Waals surface area contributed by atoms with Crippen LogP contribution in [0.4, 0.5) is 4.79 Å². The second-order valence-corrected chi connectivity index (χ2v) is 10.2. The van der Waals surface area contributed by atoms with Crippen LogP contribution in [0.3, 0.4) is 0 Å². The van der Waals surface area contributed by atoms with Crippen molar-refractivity contribution in [1.29, 1.82) is 0 Å². The van der Waals surface area contributed by atoms with Crippen LogP contribution >= 0.6 is 0 Å². The van der Waals surface area contributed by atoms with E-state index >= 15 is 0 Å². The summed E-state index contributed by atoms with van der Waals surface area (Å²) in [4.78, 5) is 40.0. The minimum absolute atomic E-state index is 0.178. The van der Waals surface area contributed by atoms with Crippen molar-refractivity contribution in [2.75, 3.05) is 26.9 Å². The fraction of sp³-hybridized carbons (Fsp3) is 0.516. The third-order valence-corrected chi connectivity index (χ3v) is 7.45. The first kappa shape index (κ1) is 30.9. The van der Waals surface area contributed by atoms with Gasteiger partial charge in [0.25, 0.3) is 0 Å². The molecule has 0 bridgehead atoms. The van der Waals surface area contributed by atoms with E-state index in [9.17, 15) is 19.5 Å². The Morgan fingerprint density at radius 3 is 2.15 bits per heavy atom. The van der Waals surface area contributed by atoms with Crippen LogP contribution in [0.5, 0.6) is 11.5 Å². The molecule has 1 unspecified atom stereocenters. The lowest BCUT2D eigenvalue weighted by Crippen LogP contribution is -2.66. The number of aryl methyl sites for hydroxylation is 1. The molecule has 40 heavy (non-hydrogen) atoms. The molecule has 218 valence electrons. The highest BCUT2D eigenvalue weighted by molar-refractivity contribution is 6.00. The maximum Gasteiger partial charge on any atom is 0.329 e. The van der Waals surface area contributed by atoms with Crippen LogP contribution in [-0.2, 0) is 16.0 Å². The summed E-state index contributed by atoms with van der Waals surface area (Å²) in [5.74, 6) is -0.455. The van der Waals surface area contributed by atoms with Gasteiger partial charge in [0.05, 0.1) is 25.4 Å². The second-order valence-electron chi connectivity index (χ2n) is 10.2. The molecule has 2 N–H and O–H groups in total. The molecule has 9 heteroatoms. The Kier molecular flexibility index (Phi) is 11.0. The van der Waals surface area contributed by atoms with E-state index in [1.807, 2.05) is 39.0 Å². The van der Waals surface area contributed by atoms with Crippen molar-refractivity contribution in [1.82, 2.24) is 10.2 Å². The number of methoxy groups -OCH3 is 1. The molecule has 1 aliphatic rings. The first-order valence-corrected chi connectivity index (χ1v) is 14.0. The number of Topliss-reactive ketones (excluding diaryl/α,β-unsaturated/α-hetero) is 1. The van der Waals surface area contributed by atoms with Gasteiger partial charge in [-0.05, 0) is 70.2 Å². The summed E-state index contributed by atoms with van der Waals surface area (Å²) >= 11 is 0. The molecule has 2 aromatic carbocycles. The minimum Gasteiger partial charge on any atom is -0.493 e. The Morgan fingerprint density at radius 2 is 1.65 bits per heavy atom. The van der Waals surface area contributed by atoms with Crippen molar-refractivity contribution in [2.45, 2.75) is 77.5 Å². The van der Waals surface area contributed by atoms with E-state index < -0.39 is 23.6 Å². The number of urea groups is 1. The number of carbonyl (C=O) groups is 3. The third kappa shape index (κ3) is 7.33. The van der Waals surface area contributed by atoms with Crippen LogP contribution in [-0.4, -0.2) is 66.3 Å². The Labute approximate surface area is 236 Å². The average molecular weight is 555 g/mol. The summed E-state index contributed by atoms with van der Waals surface area (Å²) in [6, 6.07) is 12.8. The lowest BCUT2D eigenvalue weighted by molar-refractivity contribution is -0.155. The molecule has 0 saturated heterocycles. The number of unbranched alkanes of at least 4 members (excludes halogenated alkanes) is 1. The normalized spacial score (nSPS) is 18.8. The lowest BCUT2D eigenvalue weighted by Gasteiger charge is -2.45. The molecule has 2 amide bonds. The smallest absolute Gasteiger partial charge is 0.329 e. The Balaban J connectivity index is 1.90. The largest absolute Gasteiger partial charge is 0.493 e. The number of hydrogen-bond acceptors (Lipinski definition) is 6.